The van der Waals surface area contributed by atoms with Crippen molar-refractivity contribution in [3.8, 4) is 11.5 Å². The van der Waals surface area contributed by atoms with E-state index in [4.69, 9.17) is 9.47 Å². The fraction of sp³-hybridized carbons (Fsp3) is 0.333. The minimum Gasteiger partial charge on any atom is -0.497 e. The van der Waals surface area contributed by atoms with Crippen LogP contribution in [0.15, 0.2) is 36.4 Å². The van der Waals surface area contributed by atoms with Crippen molar-refractivity contribution in [2.75, 3.05) is 20.8 Å². The van der Waals surface area contributed by atoms with Gasteiger partial charge in [-0.3, -0.25) is 0 Å². The zero-order chi connectivity index (χ0) is 16.8. The Morgan fingerprint density at radius 1 is 1.09 bits per heavy atom. The molecule has 0 amide bonds. The number of aliphatic hydroxyl groups excluding tert-OH is 1. The summed E-state index contributed by atoms with van der Waals surface area (Å²) in [5.41, 5.74) is 2.26. The lowest BCUT2D eigenvalue weighted by Gasteiger charge is -2.15. The highest BCUT2D eigenvalue weighted by Gasteiger charge is 2.11. The Balaban J connectivity index is 1.99. The fourth-order valence-electron chi connectivity index (χ4n) is 2.32. The third-order valence-electron chi connectivity index (χ3n) is 3.61. The molecule has 4 nitrogen and oxygen atoms in total. The first-order valence-corrected chi connectivity index (χ1v) is 7.40. The number of methoxy groups -OCH3 is 2. The molecule has 0 aliphatic heterocycles. The summed E-state index contributed by atoms with van der Waals surface area (Å²) in [6.07, 6.45) is -0.744. The van der Waals surface area contributed by atoms with Gasteiger partial charge < -0.3 is 19.9 Å². The maximum absolute atomic E-state index is 13.7. The van der Waals surface area contributed by atoms with Gasteiger partial charge in [0.25, 0.3) is 0 Å². The molecule has 23 heavy (non-hydrogen) atoms. The Morgan fingerprint density at radius 3 is 2.35 bits per heavy atom. The summed E-state index contributed by atoms with van der Waals surface area (Å²) in [6, 6.07) is 10.2. The van der Waals surface area contributed by atoms with Gasteiger partial charge >= 0.3 is 0 Å². The van der Waals surface area contributed by atoms with Gasteiger partial charge in [0, 0.05) is 24.7 Å². The first kappa shape index (κ1) is 17.2. The fourth-order valence-corrected chi connectivity index (χ4v) is 2.32. The molecule has 0 radical (unpaired) electrons. The quantitative estimate of drug-likeness (QED) is 0.824. The maximum Gasteiger partial charge on any atom is 0.127 e. The minimum absolute atomic E-state index is 0.249. The second-order valence-electron chi connectivity index (χ2n) is 5.39. The molecule has 0 heterocycles. The van der Waals surface area contributed by atoms with Gasteiger partial charge in [-0.05, 0) is 30.7 Å². The molecule has 2 rings (SSSR count). The standard InChI is InChI=1S/C18H22FNO3/c1-12-4-5-17(19)14(6-12)10-20-11-18(21)13-7-15(22-2)9-16(8-13)23-3/h4-9,18,20-21H,10-11H2,1-3H3. The molecule has 0 bridgehead atoms. The Morgan fingerprint density at radius 2 is 1.74 bits per heavy atom. The number of aryl methyl sites for hydroxylation is 1. The second-order valence-corrected chi connectivity index (χ2v) is 5.39. The van der Waals surface area contributed by atoms with Crippen LogP contribution in [0.5, 0.6) is 11.5 Å². The van der Waals surface area contributed by atoms with Crippen LogP contribution in [0.25, 0.3) is 0 Å². The van der Waals surface area contributed by atoms with Crippen LogP contribution >= 0.6 is 0 Å². The first-order valence-electron chi connectivity index (χ1n) is 7.40. The van der Waals surface area contributed by atoms with Crippen LogP contribution < -0.4 is 14.8 Å². The number of ether oxygens (including phenoxy) is 2. The van der Waals surface area contributed by atoms with E-state index < -0.39 is 6.10 Å². The Bertz CT molecular complexity index is 638. The highest BCUT2D eigenvalue weighted by atomic mass is 19.1. The summed E-state index contributed by atoms with van der Waals surface area (Å²) in [7, 11) is 3.12. The van der Waals surface area contributed by atoms with E-state index in [-0.39, 0.29) is 5.82 Å². The van der Waals surface area contributed by atoms with E-state index in [9.17, 15) is 9.50 Å². The highest BCUT2D eigenvalue weighted by molar-refractivity contribution is 5.39. The molecule has 0 fully saturated rings. The molecule has 2 aromatic carbocycles. The smallest absolute Gasteiger partial charge is 0.127 e. The van der Waals surface area contributed by atoms with Gasteiger partial charge in [0.1, 0.15) is 17.3 Å². The minimum atomic E-state index is -0.744. The topological polar surface area (TPSA) is 50.7 Å². The van der Waals surface area contributed by atoms with Crippen molar-refractivity contribution >= 4 is 0 Å². The van der Waals surface area contributed by atoms with Crippen LogP contribution in [0.3, 0.4) is 0 Å². The summed E-state index contributed by atoms with van der Waals surface area (Å²) >= 11 is 0. The van der Waals surface area contributed by atoms with Crippen LogP contribution in [0.4, 0.5) is 4.39 Å². The number of aliphatic hydroxyl groups is 1. The summed E-state index contributed by atoms with van der Waals surface area (Å²) in [6.45, 7) is 2.57. The molecule has 2 N–H and O–H groups in total. The molecule has 0 aliphatic carbocycles. The van der Waals surface area contributed by atoms with E-state index >= 15 is 0 Å². The zero-order valence-corrected chi connectivity index (χ0v) is 13.6. The third kappa shape index (κ3) is 4.68. The lowest BCUT2D eigenvalue weighted by atomic mass is 10.1. The van der Waals surface area contributed by atoms with Crippen LogP contribution in [-0.4, -0.2) is 25.9 Å². The van der Waals surface area contributed by atoms with Gasteiger partial charge in [0.15, 0.2) is 0 Å². The average molecular weight is 319 g/mol. The van der Waals surface area contributed by atoms with Crippen molar-refractivity contribution in [3.05, 3.63) is 58.9 Å². The van der Waals surface area contributed by atoms with E-state index in [1.807, 2.05) is 6.92 Å². The molecule has 0 saturated heterocycles. The lowest BCUT2D eigenvalue weighted by Crippen LogP contribution is -2.21. The number of hydrogen-bond acceptors (Lipinski definition) is 4. The van der Waals surface area contributed by atoms with Gasteiger partial charge in [-0.25, -0.2) is 4.39 Å². The van der Waals surface area contributed by atoms with Crippen molar-refractivity contribution in [1.82, 2.24) is 5.32 Å². The summed E-state index contributed by atoms with van der Waals surface area (Å²) < 4.78 is 24.1. The predicted octanol–water partition coefficient (Wildman–Crippen LogP) is 2.97. The van der Waals surface area contributed by atoms with Crippen LogP contribution in [0, 0.1) is 12.7 Å². The molecule has 0 spiro atoms. The molecular weight excluding hydrogens is 297 g/mol. The molecule has 5 heteroatoms. The molecule has 1 atom stereocenters. The first-order chi connectivity index (χ1) is 11.0. The molecule has 0 aliphatic rings. The molecule has 0 aromatic heterocycles. The highest BCUT2D eigenvalue weighted by Crippen LogP contribution is 2.26. The molecule has 0 saturated carbocycles. The van der Waals surface area contributed by atoms with E-state index in [1.54, 1.807) is 44.6 Å². The van der Waals surface area contributed by atoms with E-state index in [0.29, 0.717) is 35.7 Å². The number of halogens is 1. The van der Waals surface area contributed by atoms with E-state index in [0.717, 1.165) is 5.56 Å². The number of rotatable bonds is 7. The normalized spacial score (nSPS) is 12.0. The predicted molar refractivity (Wildman–Crippen MR) is 87.3 cm³/mol. The van der Waals surface area contributed by atoms with Crippen LogP contribution in [-0.2, 0) is 6.54 Å². The zero-order valence-electron chi connectivity index (χ0n) is 13.6. The number of hydrogen-bond donors (Lipinski definition) is 2. The average Bonchev–Trinajstić information content (AvgIpc) is 2.57. The summed E-state index contributed by atoms with van der Waals surface area (Å²) in [5.74, 6) is 0.979. The van der Waals surface area contributed by atoms with Crippen molar-refractivity contribution in [2.45, 2.75) is 19.6 Å². The molecule has 124 valence electrons. The summed E-state index contributed by atoms with van der Waals surface area (Å²) in [4.78, 5) is 0. The Kier molecular flexibility index (Phi) is 5.96. The van der Waals surface area contributed by atoms with Crippen molar-refractivity contribution in [1.29, 1.82) is 0 Å². The molecular formula is C18H22FNO3. The monoisotopic (exact) mass is 319 g/mol. The number of benzene rings is 2. The number of nitrogens with one attached hydrogen (secondary N) is 1. The second kappa shape index (κ2) is 7.94. The maximum atomic E-state index is 13.7. The van der Waals surface area contributed by atoms with Gasteiger partial charge in [-0.15, -0.1) is 0 Å². The summed E-state index contributed by atoms with van der Waals surface area (Å²) in [5, 5.41) is 13.4. The van der Waals surface area contributed by atoms with Gasteiger partial charge in [0.2, 0.25) is 0 Å². The van der Waals surface area contributed by atoms with Crippen molar-refractivity contribution < 1.29 is 19.0 Å². The molecule has 2 aromatic rings. The lowest BCUT2D eigenvalue weighted by molar-refractivity contribution is 0.173. The Hall–Kier alpha value is -2.11. The SMILES string of the molecule is COc1cc(OC)cc(C(O)CNCc2cc(C)ccc2F)c1. The van der Waals surface area contributed by atoms with Crippen LogP contribution in [0.2, 0.25) is 0 Å². The van der Waals surface area contributed by atoms with E-state index in [1.165, 1.54) is 6.07 Å². The van der Waals surface area contributed by atoms with Crippen molar-refractivity contribution in [2.24, 2.45) is 0 Å². The Labute approximate surface area is 135 Å². The largest absolute Gasteiger partial charge is 0.497 e. The van der Waals surface area contributed by atoms with Gasteiger partial charge in [0.05, 0.1) is 20.3 Å². The van der Waals surface area contributed by atoms with Gasteiger partial charge in [-0.2, -0.15) is 0 Å². The van der Waals surface area contributed by atoms with E-state index in [2.05, 4.69) is 5.32 Å². The molecule has 1 unspecified atom stereocenters. The third-order valence-corrected chi connectivity index (χ3v) is 3.61. The van der Waals surface area contributed by atoms with Crippen LogP contribution in [0.1, 0.15) is 22.8 Å². The van der Waals surface area contributed by atoms with Crippen molar-refractivity contribution in [3.63, 3.8) is 0 Å². The van der Waals surface area contributed by atoms with Gasteiger partial charge in [-0.1, -0.05) is 17.7 Å².